The molecule has 0 atom stereocenters. The molecule has 4 heavy (non-hydrogen) atoms. The topological polar surface area (TPSA) is 0 Å². The molecule has 0 aromatic carbocycles. The molecule has 0 unspecified atom stereocenters. The van der Waals surface area contributed by atoms with Gasteiger partial charge in [0.05, 0.1) is 0 Å². The molecule has 3 heteroatoms. The number of hydrogen-bond acceptors (Lipinski definition) is 0. The lowest BCUT2D eigenvalue weighted by Gasteiger charge is -1.68. The first kappa shape index (κ1) is 4.80. The zero-order valence-electron chi connectivity index (χ0n) is 2.33. The highest BCUT2D eigenvalue weighted by molar-refractivity contribution is 7.33. The van der Waals surface area contributed by atoms with Gasteiger partial charge < -0.3 is 0 Å². The Hall–Kier alpha value is 0.797. The number of hydrogen-bond donors (Lipinski definition) is 0. The van der Waals surface area contributed by atoms with Gasteiger partial charge in [0.15, 0.2) is 0 Å². The molecule has 0 aromatic heterocycles. The van der Waals surface area contributed by atoms with Crippen LogP contribution in [0.1, 0.15) is 0 Å². The summed E-state index contributed by atoms with van der Waals surface area (Å²) in [5.74, 6) is 0. The van der Waals surface area contributed by atoms with Crippen molar-refractivity contribution in [2.45, 2.75) is 6.55 Å². The second-order valence-electron chi connectivity index (χ2n) is 0.519. The molecule has 0 nitrogen and oxygen atoms in total. The molecule has 0 rings (SSSR count). The van der Waals surface area contributed by atoms with Gasteiger partial charge in [-0.25, -0.2) is 0 Å². The molecular weight excluding hydrogens is 111 g/mol. The summed E-state index contributed by atoms with van der Waals surface area (Å²) < 4.78 is 0. The van der Waals surface area contributed by atoms with E-state index in [0.29, 0.717) is 0 Å². The highest BCUT2D eigenvalue weighted by atomic mass is 35.7. The third-order valence-electron chi connectivity index (χ3n) is 0. The summed E-state index contributed by atoms with van der Waals surface area (Å²) in [6.45, 7) is 1.84. The Morgan fingerprint density at radius 2 is 1.50 bits per heavy atom. The second-order valence-corrected chi connectivity index (χ2v) is 6.15. The van der Waals surface area contributed by atoms with E-state index >= 15 is 0 Å². The molecule has 0 aromatic rings. The van der Waals surface area contributed by atoms with Gasteiger partial charge >= 0.3 is 0 Å². The van der Waals surface area contributed by atoms with Crippen molar-refractivity contribution in [3.05, 3.63) is 0 Å². The third-order valence-corrected chi connectivity index (χ3v) is 0. The summed E-state index contributed by atoms with van der Waals surface area (Å²) in [7, 11) is -1.19. The largest absolute Gasteiger partial charge is 0.234 e. The second kappa shape index (κ2) is 2.06. The molecule has 0 saturated heterocycles. The van der Waals surface area contributed by atoms with Crippen molar-refractivity contribution in [1.82, 2.24) is 0 Å². The standard InChI is InChI=1S/CH4Cl2Si/c1-4(2)3/h4H,1H3. The van der Waals surface area contributed by atoms with Crippen LogP contribution in [0.3, 0.4) is 0 Å². The SMILES string of the molecule is C[SiH](Cl)Cl. The van der Waals surface area contributed by atoms with Gasteiger partial charge in [0.2, 0.25) is 7.42 Å². The monoisotopic (exact) mass is 114 g/mol. The minimum Gasteiger partial charge on any atom is -0.151 e. The summed E-state index contributed by atoms with van der Waals surface area (Å²) >= 11 is 10.4. The summed E-state index contributed by atoms with van der Waals surface area (Å²) in [6, 6.07) is 0. The minimum absolute atomic E-state index is 1.19. The van der Waals surface area contributed by atoms with E-state index in [1.54, 1.807) is 0 Å². The van der Waals surface area contributed by atoms with Crippen molar-refractivity contribution in [3.63, 3.8) is 0 Å². The van der Waals surface area contributed by atoms with Crippen LogP contribution >= 0.6 is 22.2 Å². The van der Waals surface area contributed by atoms with E-state index < -0.39 is 7.42 Å². The van der Waals surface area contributed by atoms with Gasteiger partial charge in [0.1, 0.15) is 0 Å². The lowest BCUT2D eigenvalue weighted by atomic mass is 11.9. The quantitative estimate of drug-likeness (QED) is 0.330. The summed E-state index contributed by atoms with van der Waals surface area (Å²) in [5.41, 5.74) is 0. The Kier molecular flexibility index (Phi) is 2.47. The van der Waals surface area contributed by atoms with Crippen LogP contribution in [0.15, 0.2) is 0 Å². The maximum absolute atomic E-state index is 5.18. The van der Waals surface area contributed by atoms with Gasteiger partial charge in [-0.05, 0) is 6.55 Å². The molecule has 0 spiro atoms. The molecule has 0 aliphatic heterocycles. The first-order chi connectivity index (χ1) is 1.73. The first-order valence-corrected chi connectivity index (χ1v) is 5.66. The molecule has 0 saturated carbocycles. The zero-order chi connectivity index (χ0) is 3.58. The van der Waals surface area contributed by atoms with Gasteiger partial charge in [-0.3, -0.25) is 0 Å². The van der Waals surface area contributed by atoms with Gasteiger partial charge in [-0.1, -0.05) is 0 Å². The van der Waals surface area contributed by atoms with Crippen LogP contribution < -0.4 is 0 Å². The van der Waals surface area contributed by atoms with Gasteiger partial charge in [0, 0.05) is 0 Å². The van der Waals surface area contributed by atoms with Crippen molar-refractivity contribution in [2.75, 3.05) is 0 Å². The van der Waals surface area contributed by atoms with Crippen molar-refractivity contribution in [1.29, 1.82) is 0 Å². The van der Waals surface area contributed by atoms with E-state index in [1.165, 1.54) is 0 Å². The minimum atomic E-state index is -1.19. The Bertz CT molecular complexity index is 10.8. The van der Waals surface area contributed by atoms with E-state index in [-0.39, 0.29) is 0 Å². The molecule has 0 bridgehead atoms. The fourth-order valence-corrected chi connectivity index (χ4v) is 0. The highest BCUT2D eigenvalue weighted by Gasteiger charge is 1.80. The normalized spacial score (nSPS) is 9.00. The Morgan fingerprint density at radius 1 is 1.50 bits per heavy atom. The average Bonchev–Trinajstić information content (AvgIpc) is 0.811. The third kappa shape index (κ3) is 14.2. The van der Waals surface area contributed by atoms with Crippen molar-refractivity contribution in [2.24, 2.45) is 0 Å². The molecule has 0 aliphatic rings. The Balaban J connectivity index is 2.32. The van der Waals surface area contributed by atoms with E-state index in [4.69, 9.17) is 22.2 Å². The van der Waals surface area contributed by atoms with E-state index in [9.17, 15) is 0 Å². The van der Waals surface area contributed by atoms with E-state index in [1.807, 2.05) is 6.55 Å². The molecule has 0 N–H and O–H groups in total. The van der Waals surface area contributed by atoms with Crippen LogP contribution in [0.5, 0.6) is 0 Å². The summed E-state index contributed by atoms with van der Waals surface area (Å²) in [6.07, 6.45) is 0. The summed E-state index contributed by atoms with van der Waals surface area (Å²) in [5, 5.41) is 0. The predicted molar refractivity (Wildman–Crippen MR) is 24.7 cm³/mol. The first-order valence-electron chi connectivity index (χ1n) is 1.01. The Labute approximate surface area is 36.7 Å². The molecule has 26 valence electrons. The van der Waals surface area contributed by atoms with Crippen LogP contribution in [0, 0.1) is 0 Å². The maximum atomic E-state index is 5.18. The van der Waals surface area contributed by atoms with Crippen LogP contribution in [0.4, 0.5) is 0 Å². The fourth-order valence-electron chi connectivity index (χ4n) is 0. The fraction of sp³-hybridized carbons (Fsp3) is 1.00. The lowest BCUT2D eigenvalue weighted by molar-refractivity contribution is 2.34. The predicted octanol–water partition coefficient (Wildman–Crippen LogP) is 1.31. The van der Waals surface area contributed by atoms with Crippen LogP contribution in [-0.2, 0) is 0 Å². The van der Waals surface area contributed by atoms with Crippen molar-refractivity contribution in [3.8, 4) is 0 Å². The summed E-state index contributed by atoms with van der Waals surface area (Å²) in [4.78, 5) is 0. The van der Waals surface area contributed by atoms with E-state index in [2.05, 4.69) is 0 Å². The van der Waals surface area contributed by atoms with Crippen LogP contribution in [-0.4, -0.2) is 7.42 Å². The maximum Gasteiger partial charge on any atom is 0.234 e. The van der Waals surface area contributed by atoms with Gasteiger partial charge in [0.25, 0.3) is 0 Å². The van der Waals surface area contributed by atoms with Crippen molar-refractivity contribution >= 4 is 29.6 Å². The zero-order valence-corrected chi connectivity index (χ0v) is 5.00. The number of rotatable bonds is 0. The molecule has 0 fully saturated rings. The van der Waals surface area contributed by atoms with Crippen LogP contribution in [0.25, 0.3) is 0 Å². The average molecular weight is 115 g/mol. The molecule has 0 aliphatic carbocycles. The van der Waals surface area contributed by atoms with Gasteiger partial charge in [-0.2, -0.15) is 22.2 Å². The molecular formula is CH4Cl2Si. The molecule has 0 heterocycles. The smallest absolute Gasteiger partial charge is 0.151 e. The highest BCUT2D eigenvalue weighted by Crippen LogP contribution is 1.89. The van der Waals surface area contributed by atoms with E-state index in [0.717, 1.165) is 0 Å². The van der Waals surface area contributed by atoms with Gasteiger partial charge in [-0.15, -0.1) is 0 Å². The van der Waals surface area contributed by atoms with Crippen LogP contribution in [0.2, 0.25) is 6.55 Å². The molecule has 0 radical (unpaired) electrons. The lowest BCUT2D eigenvalue weighted by Crippen LogP contribution is -1.72. The molecule has 0 amide bonds. The number of halogens is 2. The Morgan fingerprint density at radius 3 is 1.50 bits per heavy atom. The van der Waals surface area contributed by atoms with Crippen molar-refractivity contribution < 1.29 is 0 Å².